The van der Waals surface area contributed by atoms with Crippen LogP contribution in [0.5, 0.6) is 0 Å². The highest BCUT2D eigenvalue weighted by Crippen LogP contribution is 2.45. The van der Waals surface area contributed by atoms with E-state index in [4.69, 9.17) is 37.0 Å². The molecule has 0 heterocycles. The van der Waals surface area contributed by atoms with Crippen molar-refractivity contribution in [1.29, 1.82) is 0 Å². The first-order chi connectivity index (χ1) is 44.7. The van der Waals surface area contributed by atoms with Crippen LogP contribution in [0.3, 0.4) is 0 Å². The lowest BCUT2D eigenvalue weighted by atomic mass is 9.99. The molecule has 0 radical (unpaired) electrons. The van der Waals surface area contributed by atoms with Gasteiger partial charge in [0.2, 0.25) is 0 Å². The van der Waals surface area contributed by atoms with Crippen LogP contribution >= 0.6 is 15.6 Å². The first kappa shape index (κ1) is 91.1. The third kappa shape index (κ3) is 65.8. The fourth-order valence-corrected chi connectivity index (χ4v) is 12.7. The summed E-state index contributed by atoms with van der Waals surface area (Å²) in [6.07, 6.45) is 47.2. The molecule has 0 saturated carbocycles. The second-order valence-electron chi connectivity index (χ2n) is 28.1. The maximum atomic E-state index is 13.0. The van der Waals surface area contributed by atoms with Crippen molar-refractivity contribution in [2.45, 2.75) is 388 Å². The highest BCUT2D eigenvalue weighted by atomic mass is 31.2. The molecule has 0 aliphatic rings. The van der Waals surface area contributed by atoms with E-state index in [2.05, 4.69) is 55.4 Å². The maximum Gasteiger partial charge on any atom is 0.472 e. The van der Waals surface area contributed by atoms with E-state index in [1.807, 2.05) is 0 Å². The Morgan fingerprint density at radius 3 is 0.763 bits per heavy atom. The Bertz CT molecular complexity index is 1840. The Kier molecular flexibility index (Phi) is 62.2. The summed E-state index contributed by atoms with van der Waals surface area (Å²) < 4.78 is 68.4. The lowest BCUT2D eigenvalue weighted by molar-refractivity contribution is -0.161. The fraction of sp³-hybridized carbons (Fsp3) is 0.946. The molecule has 5 unspecified atom stereocenters. The van der Waals surface area contributed by atoms with Crippen molar-refractivity contribution in [1.82, 2.24) is 0 Å². The van der Waals surface area contributed by atoms with Gasteiger partial charge >= 0.3 is 39.5 Å². The molecule has 19 heteroatoms. The molecule has 0 bridgehead atoms. The number of carbonyl (C=O) groups excluding carboxylic acids is 4. The van der Waals surface area contributed by atoms with Crippen molar-refractivity contribution >= 4 is 39.5 Å². The van der Waals surface area contributed by atoms with Crippen LogP contribution in [0.2, 0.25) is 0 Å². The van der Waals surface area contributed by atoms with E-state index >= 15 is 0 Å². The van der Waals surface area contributed by atoms with Gasteiger partial charge in [-0.25, -0.2) is 9.13 Å². The zero-order chi connectivity index (χ0) is 68.9. The third-order valence-electron chi connectivity index (χ3n) is 17.8. The summed E-state index contributed by atoms with van der Waals surface area (Å²) in [7, 11) is -9.91. The molecule has 0 aromatic carbocycles. The molecule has 0 aliphatic heterocycles. The van der Waals surface area contributed by atoms with Crippen LogP contribution in [0.25, 0.3) is 0 Å². The minimum absolute atomic E-state index is 0.105. The largest absolute Gasteiger partial charge is 0.472 e. The number of hydrogen-bond donors (Lipinski definition) is 3. The number of rotatable bonds is 71. The number of ether oxygens (including phenoxy) is 4. The first-order valence-corrected chi connectivity index (χ1v) is 41.3. The molecule has 0 aromatic rings. The van der Waals surface area contributed by atoms with Crippen molar-refractivity contribution in [3.63, 3.8) is 0 Å². The van der Waals surface area contributed by atoms with Crippen LogP contribution in [0.4, 0.5) is 0 Å². The van der Waals surface area contributed by atoms with Crippen molar-refractivity contribution in [3.05, 3.63) is 0 Å². The molecular formula is C74H144O17P2. The monoisotopic (exact) mass is 1370 g/mol. The Balaban J connectivity index is 5.23. The van der Waals surface area contributed by atoms with E-state index in [0.29, 0.717) is 31.6 Å². The number of unbranched alkanes of at least 4 members (excludes halogenated alkanes) is 35. The van der Waals surface area contributed by atoms with Crippen molar-refractivity contribution in [2.75, 3.05) is 39.6 Å². The van der Waals surface area contributed by atoms with Crippen LogP contribution in [0.1, 0.15) is 370 Å². The summed E-state index contributed by atoms with van der Waals surface area (Å²) in [6.45, 7) is 14.2. The first-order valence-electron chi connectivity index (χ1n) is 38.3. The van der Waals surface area contributed by atoms with E-state index in [9.17, 15) is 43.2 Å². The molecule has 0 aliphatic carbocycles. The lowest BCUT2D eigenvalue weighted by Gasteiger charge is -2.21. The molecule has 0 spiro atoms. The van der Waals surface area contributed by atoms with E-state index in [1.54, 1.807) is 0 Å². The van der Waals surface area contributed by atoms with Gasteiger partial charge in [-0.3, -0.25) is 37.3 Å². The molecule has 7 atom stereocenters. The van der Waals surface area contributed by atoms with Crippen molar-refractivity contribution < 1.29 is 80.2 Å². The Morgan fingerprint density at radius 1 is 0.301 bits per heavy atom. The number of phosphoric ester groups is 2. The fourth-order valence-electron chi connectivity index (χ4n) is 11.1. The molecule has 0 saturated heterocycles. The SMILES string of the molecule is CCC(C)CCCCCCCCCCCCC(=O)O[C@H](COC(=O)CCCCCCCCCCC(C)CC)COP(=O)(O)OCC(O)COP(=O)(O)OC[C@@H](COC(=O)CCCCCCCCC(C)C)OC(=O)CCCCCCCCCCCCCCCCCC(C)C. The summed E-state index contributed by atoms with van der Waals surface area (Å²) in [5, 5.41) is 10.6. The van der Waals surface area contributed by atoms with Gasteiger partial charge < -0.3 is 33.8 Å². The lowest BCUT2D eigenvalue weighted by Crippen LogP contribution is -2.30. The van der Waals surface area contributed by atoms with Gasteiger partial charge in [0, 0.05) is 25.7 Å². The zero-order valence-electron chi connectivity index (χ0n) is 60.9. The molecule has 0 rings (SSSR count). The summed E-state index contributed by atoms with van der Waals surface area (Å²) in [5.41, 5.74) is 0. The molecule has 17 nitrogen and oxygen atoms in total. The van der Waals surface area contributed by atoms with Gasteiger partial charge in [-0.1, -0.05) is 319 Å². The standard InChI is InChI=1S/C74H144O17P2/c1-9-66(7)52-44-36-27-21-18-19-23-31-41-49-57-74(79)90-69(60-84-71(76)54-46-38-29-25-24-28-37-45-53-67(8)10-2)62-88-92(80,81)86-58-68(75)59-87-93(82,83)89-63-70(61-85-72(77)55-47-39-33-32-35-43-51-65(5)6)91-73(78)56-48-40-30-22-17-15-13-11-12-14-16-20-26-34-42-50-64(3)4/h64-70,75H,9-63H2,1-8H3,(H,80,81)(H,82,83)/t66?,67?,68?,69-,70-/m1/s1. The topological polar surface area (TPSA) is 237 Å². The van der Waals surface area contributed by atoms with E-state index in [-0.39, 0.29) is 25.7 Å². The van der Waals surface area contributed by atoms with Crippen LogP contribution in [0.15, 0.2) is 0 Å². The maximum absolute atomic E-state index is 13.0. The van der Waals surface area contributed by atoms with Crippen LogP contribution < -0.4 is 0 Å². The average molecular weight is 1370 g/mol. The molecular weight excluding hydrogens is 1220 g/mol. The number of hydrogen-bond acceptors (Lipinski definition) is 15. The zero-order valence-corrected chi connectivity index (χ0v) is 62.7. The quantitative estimate of drug-likeness (QED) is 0.0222. The minimum Gasteiger partial charge on any atom is -0.462 e. The van der Waals surface area contributed by atoms with Gasteiger partial charge in [0.05, 0.1) is 26.4 Å². The minimum atomic E-state index is -4.96. The summed E-state index contributed by atoms with van der Waals surface area (Å²) in [6, 6.07) is 0. The third-order valence-corrected chi connectivity index (χ3v) is 19.7. The molecule has 0 amide bonds. The number of carbonyl (C=O) groups is 4. The van der Waals surface area contributed by atoms with Crippen molar-refractivity contribution in [3.8, 4) is 0 Å². The predicted molar refractivity (Wildman–Crippen MR) is 377 cm³/mol. The van der Waals surface area contributed by atoms with Gasteiger partial charge in [-0.15, -0.1) is 0 Å². The smallest absolute Gasteiger partial charge is 0.462 e. The van der Waals surface area contributed by atoms with E-state index in [0.717, 1.165) is 114 Å². The molecule has 3 N–H and O–H groups in total. The Hall–Kier alpha value is -1.94. The summed E-state index contributed by atoms with van der Waals surface area (Å²) in [4.78, 5) is 72.7. The molecule has 552 valence electrons. The molecule has 93 heavy (non-hydrogen) atoms. The van der Waals surface area contributed by atoms with E-state index in [1.165, 1.54) is 167 Å². The summed E-state index contributed by atoms with van der Waals surface area (Å²) in [5.74, 6) is 0.937. The number of phosphoric acid groups is 2. The highest BCUT2D eigenvalue weighted by molar-refractivity contribution is 7.47. The Morgan fingerprint density at radius 2 is 0.516 bits per heavy atom. The summed E-state index contributed by atoms with van der Waals surface area (Å²) >= 11 is 0. The van der Waals surface area contributed by atoms with Gasteiger partial charge in [0.1, 0.15) is 19.3 Å². The van der Waals surface area contributed by atoms with Gasteiger partial charge in [-0.05, 0) is 49.4 Å². The second-order valence-corrected chi connectivity index (χ2v) is 31.0. The van der Waals surface area contributed by atoms with Crippen LogP contribution in [-0.2, 0) is 65.4 Å². The van der Waals surface area contributed by atoms with Crippen LogP contribution in [-0.4, -0.2) is 96.7 Å². The second kappa shape index (κ2) is 63.5. The Labute approximate surface area is 568 Å². The van der Waals surface area contributed by atoms with Gasteiger partial charge in [-0.2, -0.15) is 0 Å². The van der Waals surface area contributed by atoms with E-state index < -0.39 is 97.5 Å². The van der Waals surface area contributed by atoms with Gasteiger partial charge in [0.15, 0.2) is 12.2 Å². The number of aliphatic hydroxyl groups is 1. The predicted octanol–water partition coefficient (Wildman–Crippen LogP) is 21.3. The molecule has 0 fully saturated rings. The highest BCUT2D eigenvalue weighted by Gasteiger charge is 2.30. The van der Waals surface area contributed by atoms with Crippen molar-refractivity contribution in [2.24, 2.45) is 23.7 Å². The normalized spacial score (nSPS) is 14.8. The number of aliphatic hydroxyl groups excluding tert-OH is 1. The average Bonchev–Trinajstić information content (AvgIpc) is 1.99. The molecule has 0 aromatic heterocycles. The van der Waals surface area contributed by atoms with Crippen LogP contribution in [0, 0.1) is 23.7 Å². The number of esters is 4. The van der Waals surface area contributed by atoms with Gasteiger partial charge in [0.25, 0.3) is 0 Å².